The summed E-state index contributed by atoms with van der Waals surface area (Å²) in [5, 5.41) is 0. The van der Waals surface area contributed by atoms with E-state index in [1.54, 1.807) is 6.07 Å². The Balaban J connectivity index is 1.54. The van der Waals surface area contributed by atoms with Crippen molar-refractivity contribution in [3.63, 3.8) is 0 Å². The van der Waals surface area contributed by atoms with Gasteiger partial charge in [0.2, 0.25) is 0 Å². The summed E-state index contributed by atoms with van der Waals surface area (Å²) in [5.41, 5.74) is 2.42. The van der Waals surface area contributed by atoms with Gasteiger partial charge in [-0.1, -0.05) is 84.0 Å². The lowest BCUT2D eigenvalue weighted by atomic mass is 10.0. The number of ether oxygens (including phenoxy) is 1. The van der Waals surface area contributed by atoms with E-state index < -0.39 is 0 Å². The topological polar surface area (TPSA) is 55.0 Å². The van der Waals surface area contributed by atoms with Crippen LogP contribution < -0.4 is 0 Å². The van der Waals surface area contributed by atoms with Crippen LogP contribution in [0.15, 0.2) is 18.2 Å². The first-order valence-corrected chi connectivity index (χ1v) is 11.9. The lowest BCUT2D eigenvalue weighted by Gasteiger charge is -2.02. The van der Waals surface area contributed by atoms with E-state index in [0.29, 0.717) is 12.2 Å². The van der Waals surface area contributed by atoms with Crippen LogP contribution in [0, 0.1) is 0 Å². The van der Waals surface area contributed by atoms with Crippen molar-refractivity contribution in [3.8, 4) is 0 Å². The molecule has 0 unspecified atom stereocenters. The highest BCUT2D eigenvalue weighted by atomic mass is 16.5. The number of hydrogen-bond acceptors (Lipinski definition) is 3. The van der Waals surface area contributed by atoms with Crippen molar-refractivity contribution in [2.45, 2.75) is 104 Å². The summed E-state index contributed by atoms with van der Waals surface area (Å²) in [7, 11) is 0. The molecule has 1 aromatic heterocycles. The summed E-state index contributed by atoms with van der Waals surface area (Å²) in [5.74, 6) is 0.742. The van der Waals surface area contributed by atoms with Crippen LogP contribution >= 0.6 is 0 Å². The second-order valence-corrected chi connectivity index (χ2v) is 8.13. The summed E-state index contributed by atoms with van der Waals surface area (Å²) in [6.45, 7) is 4.49. The third-order valence-corrected chi connectivity index (χ3v) is 5.56. The quantitative estimate of drug-likeness (QED) is 0.236. The fraction of sp³-hybridized carbons (Fsp3) is 0.680. The van der Waals surface area contributed by atoms with Crippen LogP contribution in [-0.2, 0) is 11.2 Å². The Labute approximate surface area is 176 Å². The van der Waals surface area contributed by atoms with Gasteiger partial charge in [0.1, 0.15) is 5.82 Å². The maximum atomic E-state index is 11.8. The maximum Gasteiger partial charge on any atom is 0.338 e. The van der Waals surface area contributed by atoms with Gasteiger partial charge in [0.15, 0.2) is 0 Å². The molecule has 1 heterocycles. The van der Waals surface area contributed by atoms with Crippen LogP contribution in [0.2, 0.25) is 0 Å². The third-order valence-electron chi connectivity index (χ3n) is 5.56. The molecule has 0 atom stereocenters. The zero-order chi connectivity index (χ0) is 20.7. The molecule has 0 aliphatic heterocycles. The van der Waals surface area contributed by atoms with Crippen LogP contribution in [-0.4, -0.2) is 22.5 Å². The zero-order valence-electron chi connectivity index (χ0n) is 18.6. The molecule has 0 aliphatic rings. The van der Waals surface area contributed by atoms with Crippen LogP contribution in [0.3, 0.4) is 0 Å². The SMILES string of the molecule is CCCCCCCCCCCCCCCc1nc2ccc(C(=O)OCC)cc2[nH]1. The van der Waals surface area contributed by atoms with Gasteiger partial charge in [-0.15, -0.1) is 0 Å². The van der Waals surface area contributed by atoms with Crippen molar-refractivity contribution in [2.75, 3.05) is 6.61 Å². The number of nitrogens with one attached hydrogen (secondary N) is 1. The number of aromatic amines is 1. The van der Waals surface area contributed by atoms with E-state index in [9.17, 15) is 4.79 Å². The molecule has 0 spiro atoms. The highest BCUT2D eigenvalue weighted by Gasteiger charge is 2.09. The van der Waals surface area contributed by atoms with Crippen molar-refractivity contribution in [1.29, 1.82) is 0 Å². The number of H-pyrrole nitrogens is 1. The average Bonchev–Trinajstić information content (AvgIpc) is 3.13. The molecule has 1 aromatic carbocycles. The summed E-state index contributed by atoms with van der Waals surface area (Å²) >= 11 is 0. The maximum absolute atomic E-state index is 11.8. The molecular formula is C25H40N2O2. The molecule has 2 aromatic rings. The van der Waals surface area contributed by atoms with Crippen LogP contribution in [0.1, 0.15) is 114 Å². The number of aromatic nitrogens is 2. The van der Waals surface area contributed by atoms with Crippen molar-refractivity contribution in [3.05, 3.63) is 29.6 Å². The molecule has 0 fully saturated rings. The van der Waals surface area contributed by atoms with Gasteiger partial charge in [-0.25, -0.2) is 9.78 Å². The molecule has 0 amide bonds. The Bertz CT molecular complexity index is 708. The Morgan fingerprint density at radius 1 is 0.862 bits per heavy atom. The first-order valence-electron chi connectivity index (χ1n) is 11.9. The molecule has 2 rings (SSSR count). The van der Waals surface area contributed by atoms with Crippen LogP contribution in [0.4, 0.5) is 0 Å². The normalized spacial score (nSPS) is 11.2. The molecule has 0 radical (unpaired) electrons. The standard InChI is InChI=1S/C25H40N2O2/c1-3-5-6-7-8-9-10-11-12-13-14-15-16-17-24-26-22-19-18-21(20-23(22)27-24)25(28)29-4-2/h18-20H,3-17H2,1-2H3,(H,26,27). The smallest absolute Gasteiger partial charge is 0.338 e. The van der Waals surface area contributed by atoms with E-state index in [-0.39, 0.29) is 5.97 Å². The Kier molecular flexibility index (Phi) is 11.5. The average molecular weight is 401 g/mol. The first kappa shape index (κ1) is 23.4. The summed E-state index contributed by atoms with van der Waals surface area (Å²) in [6.07, 6.45) is 18.7. The van der Waals surface area contributed by atoms with E-state index in [1.807, 2.05) is 19.1 Å². The molecular weight excluding hydrogens is 360 g/mol. The lowest BCUT2D eigenvalue weighted by Crippen LogP contribution is -2.04. The summed E-state index contributed by atoms with van der Waals surface area (Å²) in [6, 6.07) is 5.52. The number of carbonyl (C=O) groups is 1. The van der Waals surface area contributed by atoms with E-state index in [0.717, 1.165) is 23.3 Å². The summed E-state index contributed by atoms with van der Waals surface area (Å²) < 4.78 is 5.06. The van der Waals surface area contributed by atoms with Gasteiger partial charge in [-0.3, -0.25) is 0 Å². The molecule has 162 valence electrons. The Morgan fingerprint density at radius 2 is 1.45 bits per heavy atom. The predicted molar refractivity (Wildman–Crippen MR) is 121 cm³/mol. The van der Waals surface area contributed by atoms with E-state index in [1.165, 1.54) is 83.5 Å². The van der Waals surface area contributed by atoms with Gasteiger partial charge in [0.25, 0.3) is 0 Å². The summed E-state index contributed by atoms with van der Waals surface area (Å²) in [4.78, 5) is 19.9. The molecule has 4 heteroatoms. The number of unbranched alkanes of at least 4 members (excludes halogenated alkanes) is 12. The number of esters is 1. The molecule has 0 bridgehead atoms. The van der Waals surface area contributed by atoms with Gasteiger partial charge in [-0.2, -0.15) is 0 Å². The minimum atomic E-state index is -0.276. The van der Waals surface area contributed by atoms with Gasteiger partial charge in [-0.05, 0) is 31.5 Å². The predicted octanol–water partition coefficient (Wildman–Crippen LogP) is 7.37. The van der Waals surface area contributed by atoms with E-state index in [4.69, 9.17) is 4.74 Å². The number of rotatable bonds is 16. The van der Waals surface area contributed by atoms with Gasteiger partial charge in [0.05, 0.1) is 23.2 Å². The molecule has 1 N–H and O–H groups in total. The fourth-order valence-corrected chi connectivity index (χ4v) is 3.83. The fourth-order valence-electron chi connectivity index (χ4n) is 3.83. The van der Waals surface area contributed by atoms with Crippen LogP contribution in [0.5, 0.6) is 0 Å². The highest BCUT2D eigenvalue weighted by Crippen LogP contribution is 2.17. The lowest BCUT2D eigenvalue weighted by molar-refractivity contribution is 0.0526. The minimum Gasteiger partial charge on any atom is -0.462 e. The first-order chi connectivity index (χ1) is 14.2. The van der Waals surface area contributed by atoms with Crippen molar-refractivity contribution in [1.82, 2.24) is 9.97 Å². The largest absolute Gasteiger partial charge is 0.462 e. The molecule has 4 nitrogen and oxygen atoms in total. The van der Waals surface area contributed by atoms with Crippen molar-refractivity contribution in [2.24, 2.45) is 0 Å². The minimum absolute atomic E-state index is 0.276. The molecule has 0 saturated carbocycles. The number of carbonyl (C=O) groups excluding carboxylic acids is 1. The van der Waals surface area contributed by atoms with E-state index >= 15 is 0 Å². The van der Waals surface area contributed by atoms with E-state index in [2.05, 4.69) is 16.9 Å². The number of fused-ring (bicyclic) bond motifs is 1. The zero-order valence-corrected chi connectivity index (χ0v) is 18.6. The number of imidazole rings is 1. The van der Waals surface area contributed by atoms with Crippen LogP contribution in [0.25, 0.3) is 11.0 Å². The van der Waals surface area contributed by atoms with Gasteiger partial charge >= 0.3 is 5.97 Å². The third kappa shape index (κ3) is 9.01. The van der Waals surface area contributed by atoms with Gasteiger partial charge < -0.3 is 9.72 Å². The number of nitrogens with zero attached hydrogens (tertiary/aromatic N) is 1. The monoisotopic (exact) mass is 400 g/mol. The molecule has 0 aliphatic carbocycles. The molecule has 29 heavy (non-hydrogen) atoms. The highest BCUT2D eigenvalue weighted by molar-refractivity contribution is 5.93. The molecule has 0 saturated heterocycles. The van der Waals surface area contributed by atoms with Crippen molar-refractivity contribution >= 4 is 17.0 Å². The van der Waals surface area contributed by atoms with Crippen molar-refractivity contribution < 1.29 is 9.53 Å². The Hall–Kier alpha value is -1.84. The second kappa shape index (κ2) is 14.2. The number of hydrogen-bond donors (Lipinski definition) is 1. The Morgan fingerprint density at radius 3 is 2.03 bits per heavy atom. The number of aryl methyl sites for hydroxylation is 1. The second-order valence-electron chi connectivity index (χ2n) is 8.13. The number of benzene rings is 1. The van der Waals surface area contributed by atoms with Gasteiger partial charge in [0, 0.05) is 6.42 Å².